The summed E-state index contributed by atoms with van der Waals surface area (Å²) in [6.45, 7) is 2.24. The summed E-state index contributed by atoms with van der Waals surface area (Å²) in [5.74, 6) is 0. The number of hydrogen-bond acceptors (Lipinski definition) is 3. The highest BCUT2D eigenvalue weighted by Gasteiger charge is 2.35. The van der Waals surface area contributed by atoms with Gasteiger partial charge in [-0.05, 0) is 41.6 Å². The van der Waals surface area contributed by atoms with Crippen molar-refractivity contribution in [1.29, 1.82) is 0 Å². The molecule has 1 aromatic rings. The number of nitrogens with one attached hydrogen (secondary N) is 1. The van der Waals surface area contributed by atoms with Crippen LogP contribution in [-0.2, 0) is 0 Å². The van der Waals surface area contributed by atoms with Gasteiger partial charge in [-0.3, -0.25) is 0 Å². The number of nitrogens with zero attached hydrogens (tertiary/aromatic N) is 1. The lowest BCUT2D eigenvalue weighted by Gasteiger charge is -2.41. The third kappa shape index (κ3) is 1.89. The van der Waals surface area contributed by atoms with Crippen molar-refractivity contribution in [2.45, 2.75) is 38.1 Å². The monoisotopic (exact) mass is 260 g/mol. The van der Waals surface area contributed by atoms with Crippen molar-refractivity contribution in [3.8, 4) is 0 Å². The smallest absolute Gasteiger partial charge is 0.184 e. The molecule has 1 aliphatic rings. The lowest BCUT2D eigenvalue weighted by atomic mass is 9.75. The van der Waals surface area contributed by atoms with E-state index in [2.05, 4.69) is 33.2 Å². The van der Waals surface area contributed by atoms with Gasteiger partial charge in [-0.1, -0.05) is 6.92 Å². The summed E-state index contributed by atoms with van der Waals surface area (Å²) in [7, 11) is 0. The highest BCUT2D eigenvalue weighted by Crippen LogP contribution is 2.38. The molecule has 4 heteroatoms. The van der Waals surface area contributed by atoms with Crippen LogP contribution in [-0.4, -0.2) is 10.5 Å². The van der Waals surface area contributed by atoms with Crippen LogP contribution in [0.2, 0.25) is 0 Å². The van der Waals surface area contributed by atoms with Gasteiger partial charge in [0, 0.05) is 10.9 Å². The third-order valence-electron chi connectivity index (χ3n) is 2.84. The molecule has 0 bridgehead atoms. The van der Waals surface area contributed by atoms with Gasteiger partial charge in [0.05, 0.1) is 0 Å². The van der Waals surface area contributed by atoms with E-state index in [9.17, 15) is 0 Å². The largest absolute Gasteiger partial charge is 0.356 e. The third-order valence-corrected chi connectivity index (χ3v) is 4.30. The number of aromatic nitrogens is 1. The molecule has 1 aromatic heterocycles. The molecule has 0 atom stereocenters. The zero-order valence-corrected chi connectivity index (χ0v) is 10.0. The minimum absolute atomic E-state index is 0.358. The van der Waals surface area contributed by atoms with Gasteiger partial charge in [0.1, 0.15) is 4.60 Å². The van der Waals surface area contributed by atoms with Crippen LogP contribution < -0.4 is 5.32 Å². The Morgan fingerprint density at radius 2 is 2.46 bits per heavy atom. The average Bonchev–Trinajstić information content (AvgIpc) is 2.44. The fourth-order valence-electron chi connectivity index (χ4n) is 1.71. The maximum absolute atomic E-state index is 4.35. The van der Waals surface area contributed by atoms with Crippen LogP contribution >= 0.6 is 27.3 Å². The number of hydrogen-bond donors (Lipinski definition) is 1. The molecule has 0 aromatic carbocycles. The van der Waals surface area contributed by atoms with Crippen molar-refractivity contribution in [1.82, 2.24) is 4.98 Å². The lowest BCUT2D eigenvalue weighted by Crippen LogP contribution is -2.44. The van der Waals surface area contributed by atoms with Gasteiger partial charge >= 0.3 is 0 Å². The van der Waals surface area contributed by atoms with Crippen LogP contribution in [0.1, 0.15) is 32.6 Å². The first-order valence-corrected chi connectivity index (χ1v) is 6.31. The topological polar surface area (TPSA) is 24.9 Å². The van der Waals surface area contributed by atoms with E-state index in [0.717, 1.165) is 9.73 Å². The first-order valence-electron chi connectivity index (χ1n) is 4.63. The van der Waals surface area contributed by atoms with Crippen molar-refractivity contribution in [2.75, 3.05) is 5.32 Å². The number of anilines is 1. The predicted molar refractivity (Wildman–Crippen MR) is 60.3 cm³/mol. The molecule has 1 saturated carbocycles. The molecule has 0 aliphatic heterocycles. The Morgan fingerprint density at radius 3 is 2.85 bits per heavy atom. The van der Waals surface area contributed by atoms with Gasteiger partial charge in [0.15, 0.2) is 5.13 Å². The zero-order valence-electron chi connectivity index (χ0n) is 7.64. The van der Waals surface area contributed by atoms with E-state index >= 15 is 0 Å². The first-order chi connectivity index (χ1) is 6.24. The van der Waals surface area contributed by atoms with Crippen molar-refractivity contribution in [3.05, 3.63) is 9.98 Å². The maximum atomic E-state index is 4.35. The Labute approximate surface area is 90.9 Å². The van der Waals surface area contributed by atoms with Crippen molar-refractivity contribution in [3.63, 3.8) is 0 Å². The summed E-state index contributed by atoms with van der Waals surface area (Å²) in [5.41, 5.74) is 0.358. The molecule has 1 heterocycles. The van der Waals surface area contributed by atoms with E-state index in [0.29, 0.717) is 5.54 Å². The highest BCUT2D eigenvalue weighted by molar-refractivity contribution is 9.10. The molecule has 2 rings (SSSR count). The van der Waals surface area contributed by atoms with Gasteiger partial charge < -0.3 is 5.32 Å². The molecule has 1 N–H and O–H groups in total. The molecule has 0 amide bonds. The lowest BCUT2D eigenvalue weighted by molar-refractivity contribution is 0.269. The van der Waals surface area contributed by atoms with Gasteiger partial charge in [-0.15, -0.1) is 11.3 Å². The van der Waals surface area contributed by atoms with Crippen molar-refractivity contribution < 1.29 is 0 Å². The van der Waals surface area contributed by atoms with Crippen LogP contribution in [0, 0.1) is 0 Å². The van der Waals surface area contributed by atoms with E-state index in [1.165, 1.54) is 25.7 Å². The molecule has 0 radical (unpaired) electrons. The van der Waals surface area contributed by atoms with E-state index < -0.39 is 0 Å². The fraction of sp³-hybridized carbons (Fsp3) is 0.667. The second-order valence-electron chi connectivity index (χ2n) is 3.59. The molecule has 13 heavy (non-hydrogen) atoms. The van der Waals surface area contributed by atoms with Crippen LogP contribution in [0.4, 0.5) is 5.13 Å². The number of rotatable bonds is 3. The normalized spacial score (nSPS) is 19.5. The van der Waals surface area contributed by atoms with Crippen molar-refractivity contribution in [2.24, 2.45) is 0 Å². The van der Waals surface area contributed by atoms with E-state index in [1.54, 1.807) is 11.3 Å². The van der Waals surface area contributed by atoms with Crippen molar-refractivity contribution >= 4 is 32.4 Å². The maximum Gasteiger partial charge on any atom is 0.184 e. The Balaban J connectivity index is 2.04. The van der Waals surface area contributed by atoms with Gasteiger partial charge in [-0.2, -0.15) is 0 Å². The van der Waals surface area contributed by atoms with Gasteiger partial charge in [0.25, 0.3) is 0 Å². The standard InChI is InChI=1S/C9H13BrN2S/c1-2-9(4-3-5-9)12-8-11-7(10)6-13-8/h6H,2-5H2,1H3,(H,11,12). The van der Waals surface area contributed by atoms with Crippen LogP contribution in [0.25, 0.3) is 0 Å². The van der Waals surface area contributed by atoms with E-state index in [-0.39, 0.29) is 0 Å². The zero-order chi connectivity index (χ0) is 9.31. The molecule has 0 saturated heterocycles. The minimum Gasteiger partial charge on any atom is -0.356 e. The number of thiazole rings is 1. The molecule has 0 unspecified atom stereocenters. The minimum atomic E-state index is 0.358. The predicted octanol–water partition coefficient (Wildman–Crippen LogP) is 3.65. The molecule has 72 valence electrons. The summed E-state index contributed by atoms with van der Waals surface area (Å²) in [5, 5.41) is 6.61. The molecule has 1 fully saturated rings. The quantitative estimate of drug-likeness (QED) is 0.898. The van der Waals surface area contributed by atoms with Gasteiger partial charge in [0.2, 0.25) is 0 Å². The second kappa shape index (κ2) is 3.58. The van der Waals surface area contributed by atoms with Crippen LogP contribution in [0.3, 0.4) is 0 Å². The van der Waals surface area contributed by atoms with Gasteiger partial charge in [-0.25, -0.2) is 4.98 Å². The SMILES string of the molecule is CCC1(Nc2nc(Br)cs2)CCC1. The highest BCUT2D eigenvalue weighted by atomic mass is 79.9. The Bertz CT molecular complexity index is 288. The molecule has 2 nitrogen and oxygen atoms in total. The average molecular weight is 261 g/mol. The Hall–Kier alpha value is -0.0900. The van der Waals surface area contributed by atoms with Crippen LogP contribution in [0.5, 0.6) is 0 Å². The van der Waals surface area contributed by atoms with Crippen LogP contribution in [0.15, 0.2) is 9.98 Å². The van der Waals surface area contributed by atoms with E-state index in [4.69, 9.17) is 0 Å². The Kier molecular flexibility index (Phi) is 2.60. The summed E-state index contributed by atoms with van der Waals surface area (Å²) in [6, 6.07) is 0. The summed E-state index contributed by atoms with van der Waals surface area (Å²) < 4.78 is 0.936. The number of halogens is 1. The second-order valence-corrected chi connectivity index (χ2v) is 5.26. The molecule has 1 aliphatic carbocycles. The summed E-state index contributed by atoms with van der Waals surface area (Å²) in [6.07, 6.45) is 5.14. The first kappa shape index (κ1) is 9.46. The molecular formula is C9H13BrN2S. The van der Waals surface area contributed by atoms with E-state index in [1.807, 2.05) is 5.38 Å². The summed E-state index contributed by atoms with van der Waals surface area (Å²) >= 11 is 5.03. The summed E-state index contributed by atoms with van der Waals surface area (Å²) in [4.78, 5) is 4.35. The molecule has 0 spiro atoms. The fourth-order valence-corrected chi connectivity index (χ4v) is 2.97. The molecular weight excluding hydrogens is 248 g/mol. The Morgan fingerprint density at radius 1 is 1.69 bits per heavy atom.